The Hall–Kier alpha value is -2.14. The summed E-state index contributed by atoms with van der Waals surface area (Å²) in [7, 11) is 0. The largest absolute Gasteiger partial charge is 0.378 e. The van der Waals surface area contributed by atoms with E-state index in [0.29, 0.717) is 6.42 Å². The van der Waals surface area contributed by atoms with Gasteiger partial charge in [0.05, 0.1) is 18.3 Å². The minimum atomic E-state index is 0.0504. The molecule has 0 radical (unpaired) electrons. The van der Waals surface area contributed by atoms with E-state index < -0.39 is 0 Å². The van der Waals surface area contributed by atoms with Crippen molar-refractivity contribution in [1.82, 2.24) is 9.78 Å². The summed E-state index contributed by atoms with van der Waals surface area (Å²) in [6.07, 6.45) is 8.90. The van der Waals surface area contributed by atoms with Crippen LogP contribution in [0.1, 0.15) is 61.3 Å². The Morgan fingerprint density at radius 3 is 3.04 bits per heavy atom. The number of amides is 1. The van der Waals surface area contributed by atoms with Crippen molar-refractivity contribution in [2.45, 2.75) is 64.0 Å². The summed E-state index contributed by atoms with van der Waals surface area (Å²) in [5.41, 5.74) is 3.74. The van der Waals surface area contributed by atoms with Crippen LogP contribution in [0.15, 0.2) is 30.5 Å². The summed E-state index contributed by atoms with van der Waals surface area (Å²) < 4.78 is 7.63. The van der Waals surface area contributed by atoms with Gasteiger partial charge in [-0.3, -0.25) is 4.79 Å². The zero-order valence-electron chi connectivity index (χ0n) is 15.4. The average molecular weight is 353 g/mol. The maximum atomic E-state index is 12.5. The van der Waals surface area contributed by atoms with E-state index in [1.165, 1.54) is 11.1 Å². The van der Waals surface area contributed by atoms with Crippen LogP contribution in [0.3, 0.4) is 0 Å². The molecule has 5 nitrogen and oxygen atoms in total. The van der Waals surface area contributed by atoms with Crippen molar-refractivity contribution in [3.8, 4) is 0 Å². The van der Waals surface area contributed by atoms with Crippen LogP contribution in [0.5, 0.6) is 0 Å². The maximum absolute atomic E-state index is 12.5. The van der Waals surface area contributed by atoms with Crippen molar-refractivity contribution < 1.29 is 9.53 Å². The second-order valence-corrected chi connectivity index (χ2v) is 7.45. The smallest absolute Gasteiger partial charge is 0.225 e. The summed E-state index contributed by atoms with van der Waals surface area (Å²) in [6, 6.07) is 8.79. The highest BCUT2D eigenvalue weighted by molar-refractivity contribution is 5.90. The highest BCUT2D eigenvalue weighted by atomic mass is 16.5. The third kappa shape index (κ3) is 3.54. The number of hydrogen-bond donors (Lipinski definition) is 1. The second-order valence-electron chi connectivity index (χ2n) is 7.45. The number of nitrogens with one attached hydrogen (secondary N) is 1. The monoisotopic (exact) mass is 353 g/mol. The summed E-state index contributed by atoms with van der Waals surface area (Å²) in [5, 5.41) is 7.72. The molecule has 1 aliphatic heterocycles. The number of nitrogens with zero attached hydrogens (tertiary/aromatic N) is 2. The molecule has 5 heteroatoms. The van der Waals surface area contributed by atoms with Gasteiger partial charge >= 0.3 is 0 Å². The number of aryl methyl sites for hydroxylation is 2. The number of rotatable bonds is 5. The van der Waals surface area contributed by atoms with Crippen molar-refractivity contribution in [1.29, 1.82) is 0 Å². The number of ether oxygens (including phenoxy) is 1. The first-order chi connectivity index (χ1) is 12.7. The van der Waals surface area contributed by atoms with Crippen LogP contribution < -0.4 is 5.32 Å². The molecule has 2 heterocycles. The van der Waals surface area contributed by atoms with Gasteiger partial charge in [0.2, 0.25) is 5.91 Å². The van der Waals surface area contributed by atoms with Gasteiger partial charge in [0.1, 0.15) is 5.82 Å². The van der Waals surface area contributed by atoms with Crippen LogP contribution in [0.2, 0.25) is 0 Å². The molecule has 0 spiro atoms. The molecule has 1 fully saturated rings. The third-order valence-corrected chi connectivity index (χ3v) is 5.59. The van der Waals surface area contributed by atoms with Crippen LogP contribution in [-0.2, 0) is 16.0 Å². The summed E-state index contributed by atoms with van der Waals surface area (Å²) in [4.78, 5) is 12.5. The van der Waals surface area contributed by atoms with Crippen LogP contribution >= 0.6 is 0 Å². The molecule has 1 saturated heterocycles. The predicted octanol–water partition coefficient (Wildman–Crippen LogP) is 4.01. The van der Waals surface area contributed by atoms with E-state index in [4.69, 9.17) is 4.74 Å². The minimum absolute atomic E-state index is 0.0504. The van der Waals surface area contributed by atoms with Gasteiger partial charge in [0, 0.05) is 18.6 Å². The summed E-state index contributed by atoms with van der Waals surface area (Å²) in [6.45, 7) is 2.84. The fourth-order valence-electron chi connectivity index (χ4n) is 4.18. The van der Waals surface area contributed by atoms with E-state index in [1.54, 1.807) is 0 Å². The first kappa shape index (κ1) is 17.3. The molecule has 0 saturated carbocycles. The van der Waals surface area contributed by atoms with Crippen LogP contribution in [0.25, 0.3) is 0 Å². The van der Waals surface area contributed by atoms with E-state index in [0.717, 1.165) is 56.5 Å². The molecule has 1 aromatic heterocycles. The van der Waals surface area contributed by atoms with Gasteiger partial charge in [-0.1, -0.05) is 24.3 Å². The third-order valence-electron chi connectivity index (χ3n) is 5.59. The lowest BCUT2D eigenvalue weighted by atomic mass is 9.88. The highest BCUT2D eigenvalue weighted by Gasteiger charge is 2.25. The number of carbonyl (C=O) groups is 1. The van der Waals surface area contributed by atoms with E-state index in [9.17, 15) is 4.79 Å². The Morgan fingerprint density at radius 1 is 1.31 bits per heavy atom. The average Bonchev–Trinajstić information content (AvgIpc) is 3.30. The molecule has 1 N–H and O–H groups in total. The minimum Gasteiger partial charge on any atom is -0.378 e. The molecular formula is C21H27N3O2. The first-order valence-corrected chi connectivity index (χ1v) is 9.76. The van der Waals surface area contributed by atoms with Crippen LogP contribution in [-0.4, -0.2) is 28.4 Å². The zero-order valence-corrected chi connectivity index (χ0v) is 15.4. The Morgan fingerprint density at radius 2 is 2.19 bits per heavy atom. The van der Waals surface area contributed by atoms with Gasteiger partial charge in [-0.25, -0.2) is 4.68 Å². The van der Waals surface area contributed by atoms with Crippen LogP contribution in [0, 0.1) is 6.92 Å². The maximum Gasteiger partial charge on any atom is 0.225 e. The van der Waals surface area contributed by atoms with Gasteiger partial charge in [0.25, 0.3) is 0 Å². The molecule has 2 aliphatic rings. The number of hydrogen-bond acceptors (Lipinski definition) is 3. The van der Waals surface area contributed by atoms with Gasteiger partial charge < -0.3 is 10.1 Å². The topological polar surface area (TPSA) is 56.2 Å². The van der Waals surface area contributed by atoms with E-state index in [-0.39, 0.29) is 18.1 Å². The SMILES string of the molecule is Cc1cnn([C@H]2CCCc3ccccc32)c1NC(=O)CC[C@H]1CCCO1. The standard InChI is InChI=1S/C21H27N3O2/c1-15-14-22-24(19-10-4-7-16-6-2-3-9-18(16)19)21(15)23-20(25)12-11-17-8-5-13-26-17/h2-3,6,9,14,17,19H,4-5,7-8,10-13H2,1H3,(H,23,25)/t17-,19+/m1/s1. The molecule has 1 amide bonds. The number of aromatic nitrogens is 2. The van der Waals surface area contributed by atoms with Gasteiger partial charge in [-0.2, -0.15) is 5.10 Å². The fraction of sp³-hybridized carbons (Fsp3) is 0.524. The van der Waals surface area contributed by atoms with Gasteiger partial charge in [-0.05, 0) is 56.6 Å². The molecule has 4 rings (SSSR count). The lowest BCUT2D eigenvalue weighted by Gasteiger charge is -2.27. The van der Waals surface area contributed by atoms with Crippen LogP contribution in [0.4, 0.5) is 5.82 Å². The molecule has 1 aromatic carbocycles. The number of fused-ring (bicyclic) bond motifs is 1. The Bertz CT molecular complexity index is 777. The van der Waals surface area contributed by atoms with E-state index >= 15 is 0 Å². The van der Waals surface area contributed by atoms with Crippen molar-refractivity contribution in [3.63, 3.8) is 0 Å². The molecule has 2 aromatic rings. The van der Waals surface area contributed by atoms with Gasteiger partial charge in [-0.15, -0.1) is 0 Å². The number of benzene rings is 1. The molecule has 0 bridgehead atoms. The lowest BCUT2D eigenvalue weighted by Crippen LogP contribution is -2.23. The molecule has 1 aliphatic carbocycles. The second kappa shape index (κ2) is 7.62. The number of anilines is 1. The first-order valence-electron chi connectivity index (χ1n) is 9.76. The predicted molar refractivity (Wildman–Crippen MR) is 101 cm³/mol. The molecule has 2 atom stereocenters. The quantitative estimate of drug-likeness (QED) is 0.883. The highest BCUT2D eigenvalue weighted by Crippen LogP contribution is 2.35. The molecular weight excluding hydrogens is 326 g/mol. The van der Waals surface area contributed by atoms with Crippen molar-refractivity contribution in [2.75, 3.05) is 11.9 Å². The molecule has 0 unspecified atom stereocenters. The molecule has 26 heavy (non-hydrogen) atoms. The molecule has 138 valence electrons. The lowest BCUT2D eigenvalue weighted by molar-refractivity contribution is -0.116. The van der Waals surface area contributed by atoms with E-state index in [2.05, 4.69) is 34.7 Å². The Labute approximate surface area is 154 Å². The Kier molecular flexibility index (Phi) is 5.07. The number of carbonyl (C=O) groups excluding carboxylic acids is 1. The summed E-state index contributed by atoms with van der Waals surface area (Å²) >= 11 is 0. The van der Waals surface area contributed by atoms with Crippen molar-refractivity contribution in [3.05, 3.63) is 47.2 Å². The zero-order chi connectivity index (χ0) is 17.9. The van der Waals surface area contributed by atoms with E-state index in [1.807, 2.05) is 17.8 Å². The summed E-state index contributed by atoms with van der Waals surface area (Å²) in [5.74, 6) is 0.887. The van der Waals surface area contributed by atoms with Gasteiger partial charge in [0.15, 0.2) is 0 Å². The van der Waals surface area contributed by atoms with Crippen molar-refractivity contribution >= 4 is 11.7 Å². The van der Waals surface area contributed by atoms with Crippen molar-refractivity contribution in [2.24, 2.45) is 0 Å². The normalized spacial score (nSPS) is 22.2. The fourth-order valence-corrected chi connectivity index (χ4v) is 4.18. The Balaban J connectivity index is 1.50.